The van der Waals surface area contributed by atoms with Crippen LogP contribution in [0.15, 0.2) is 82.8 Å². The molecule has 34 heavy (non-hydrogen) atoms. The second-order valence-corrected chi connectivity index (χ2v) is 8.33. The molecule has 0 N–H and O–H groups in total. The van der Waals surface area contributed by atoms with Crippen LogP contribution in [0.1, 0.15) is 5.56 Å². The summed E-state index contributed by atoms with van der Waals surface area (Å²) in [4.78, 5) is 8.31. The molecule has 0 aliphatic heterocycles. The molecule has 6 rings (SSSR count). The number of fused-ring (bicyclic) bond motifs is 6. The lowest BCUT2D eigenvalue weighted by Gasteiger charge is -2.04. The van der Waals surface area contributed by atoms with Crippen LogP contribution in [0.4, 0.5) is 4.39 Å². The van der Waals surface area contributed by atoms with Crippen molar-refractivity contribution < 1.29 is 4.39 Å². The van der Waals surface area contributed by atoms with E-state index in [2.05, 4.69) is 9.98 Å². The minimum Gasteiger partial charge on any atom is -0.207 e. The summed E-state index contributed by atoms with van der Waals surface area (Å²) in [5.74, 6) is -0.242. The van der Waals surface area contributed by atoms with Gasteiger partial charge in [0.15, 0.2) is 0 Å². The highest BCUT2D eigenvalue weighted by Gasteiger charge is 2.15. The molecule has 4 nitrogen and oxygen atoms in total. The standard InChI is InChI=1S/C29H15FN4/c1-16-10-17(7-9-27(16)30)18-6-8-20-23-13-25-22(12-26(23)29(34-15-32)24(20)11-18)19-4-2-3-5-21(19)28(25)33-14-31/h2-13H,1H3. The first kappa shape index (κ1) is 19.8. The van der Waals surface area contributed by atoms with Crippen molar-refractivity contribution >= 4 is 43.1 Å². The maximum Gasteiger partial charge on any atom is 0.206 e. The van der Waals surface area contributed by atoms with E-state index in [-0.39, 0.29) is 5.82 Å². The molecule has 0 unspecified atom stereocenters. The highest BCUT2D eigenvalue weighted by molar-refractivity contribution is 6.21. The summed E-state index contributed by atoms with van der Waals surface area (Å²) in [5, 5.41) is 27.4. The summed E-state index contributed by atoms with van der Waals surface area (Å²) in [7, 11) is 0. The Bertz CT molecular complexity index is 2010. The number of aryl methyl sites for hydroxylation is 1. The van der Waals surface area contributed by atoms with Gasteiger partial charge in [0.05, 0.1) is 10.7 Å². The van der Waals surface area contributed by atoms with Gasteiger partial charge >= 0.3 is 0 Å². The van der Waals surface area contributed by atoms with E-state index in [1.54, 1.807) is 13.0 Å². The predicted molar refractivity (Wildman–Crippen MR) is 131 cm³/mol. The number of hydrogen-bond donors (Lipinski definition) is 0. The molecular weight excluding hydrogens is 423 g/mol. The van der Waals surface area contributed by atoms with Crippen LogP contribution in [-0.2, 0) is 0 Å². The van der Waals surface area contributed by atoms with Crippen LogP contribution in [0, 0.1) is 35.7 Å². The molecule has 0 fully saturated rings. The minimum atomic E-state index is -0.242. The molecule has 0 saturated carbocycles. The number of nitriles is 2. The van der Waals surface area contributed by atoms with E-state index in [0.29, 0.717) is 16.3 Å². The van der Waals surface area contributed by atoms with Crippen molar-refractivity contribution in [3.05, 3.63) is 94.9 Å². The predicted octanol–water partition coefficient (Wildman–Crippen LogP) is 6.05. The highest BCUT2D eigenvalue weighted by atomic mass is 19.1. The third-order valence-corrected chi connectivity index (χ3v) is 6.52. The molecule has 0 aromatic heterocycles. The quantitative estimate of drug-likeness (QED) is 0.293. The van der Waals surface area contributed by atoms with Gasteiger partial charge in [-0.1, -0.05) is 42.5 Å². The van der Waals surface area contributed by atoms with Gasteiger partial charge in [-0.15, -0.1) is 0 Å². The average Bonchev–Trinajstić information content (AvgIpc) is 3.32. The Kier molecular flexibility index (Phi) is 4.27. The molecule has 0 spiro atoms. The first-order chi connectivity index (χ1) is 16.6. The number of nitrogens with zero attached hydrogens (tertiary/aromatic N) is 4. The average molecular weight is 438 g/mol. The number of benzene rings is 4. The van der Waals surface area contributed by atoms with E-state index in [1.165, 1.54) is 6.07 Å². The number of halogens is 1. The van der Waals surface area contributed by atoms with Crippen LogP contribution >= 0.6 is 0 Å². The Morgan fingerprint density at radius 1 is 0.588 bits per heavy atom. The van der Waals surface area contributed by atoms with E-state index in [0.717, 1.165) is 54.2 Å². The van der Waals surface area contributed by atoms with Gasteiger partial charge in [0, 0.05) is 21.5 Å². The van der Waals surface area contributed by atoms with Gasteiger partial charge in [-0.25, -0.2) is 4.39 Å². The van der Waals surface area contributed by atoms with E-state index in [1.807, 2.05) is 73.0 Å². The Labute approximate surface area is 193 Å². The summed E-state index contributed by atoms with van der Waals surface area (Å²) >= 11 is 0. The summed E-state index contributed by atoms with van der Waals surface area (Å²) in [6, 6.07) is 23.0. The SMILES string of the molecule is Cc1cc(-c2ccc3c(c2)c(=NC#N)c2cc4c(cc23)c(=NC#N)c2ccccc24)ccc1F. The van der Waals surface area contributed by atoms with Gasteiger partial charge < -0.3 is 0 Å². The van der Waals surface area contributed by atoms with Crippen molar-refractivity contribution in [1.29, 1.82) is 10.5 Å². The van der Waals surface area contributed by atoms with E-state index < -0.39 is 0 Å². The second kappa shape index (κ2) is 7.33. The summed E-state index contributed by atoms with van der Waals surface area (Å²) in [6.45, 7) is 1.74. The zero-order valence-corrected chi connectivity index (χ0v) is 18.1. The molecule has 5 heteroatoms. The number of rotatable bonds is 1. The van der Waals surface area contributed by atoms with Crippen LogP contribution < -0.4 is 10.7 Å². The Morgan fingerprint density at radius 2 is 1.12 bits per heavy atom. The minimum absolute atomic E-state index is 0.242. The maximum atomic E-state index is 13.8. The fourth-order valence-electron chi connectivity index (χ4n) is 4.97. The summed E-state index contributed by atoms with van der Waals surface area (Å²) in [6.07, 6.45) is 3.89. The third-order valence-electron chi connectivity index (χ3n) is 6.52. The molecule has 0 aliphatic rings. The summed E-state index contributed by atoms with van der Waals surface area (Å²) in [5.41, 5.74) is 2.39. The normalized spacial score (nSPS) is 12.7. The summed E-state index contributed by atoms with van der Waals surface area (Å²) < 4.78 is 13.8. The Hall–Kier alpha value is -4.87. The molecule has 0 bridgehead atoms. The molecular formula is C29H15FN4. The topological polar surface area (TPSA) is 72.3 Å². The van der Waals surface area contributed by atoms with E-state index in [4.69, 9.17) is 0 Å². The molecule has 6 aromatic carbocycles. The first-order valence-electron chi connectivity index (χ1n) is 10.7. The fourth-order valence-corrected chi connectivity index (χ4v) is 4.97. The van der Waals surface area contributed by atoms with Crippen molar-refractivity contribution in [1.82, 2.24) is 0 Å². The van der Waals surface area contributed by atoms with Crippen molar-refractivity contribution in [2.75, 3.05) is 0 Å². The lowest BCUT2D eigenvalue weighted by molar-refractivity contribution is 0.619. The monoisotopic (exact) mass is 438 g/mol. The Balaban J connectivity index is 1.76. The highest BCUT2D eigenvalue weighted by Crippen LogP contribution is 2.34. The van der Waals surface area contributed by atoms with E-state index in [9.17, 15) is 14.9 Å². The van der Waals surface area contributed by atoms with Gasteiger partial charge in [-0.2, -0.15) is 20.5 Å². The molecule has 6 aromatic rings. The van der Waals surface area contributed by atoms with Gasteiger partial charge in [-0.05, 0) is 75.5 Å². The van der Waals surface area contributed by atoms with Crippen molar-refractivity contribution in [2.45, 2.75) is 6.92 Å². The molecule has 0 aliphatic carbocycles. The molecule has 0 heterocycles. The largest absolute Gasteiger partial charge is 0.207 e. The molecule has 0 radical (unpaired) electrons. The smallest absolute Gasteiger partial charge is 0.206 e. The van der Waals surface area contributed by atoms with Crippen LogP contribution in [0.3, 0.4) is 0 Å². The molecule has 0 saturated heterocycles. The van der Waals surface area contributed by atoms with Gasteiger partial charge in [0.1, 0.15) is 5.82 Å². The van der Waals surface area contributed by atoms with Gasteiger partial charge in [0.25, 0.3) is 0 Å². The first-order valence-corrected chi connectivity index (χ1v) is 10.7. The fraction of sp³-hybridized carbons (Fsp3) is 0.0345. The molecule has 158 valence electrons. The third kappa shape index (κ3) is 2.75. The van der Waals surface area contributed by atoms with Gasteiger partial charge in [-0.3, -0.25) is 0 Å². The van der Waals surface area contributed by atoms with Crippen molar-refractivity contribution in [2.24, 2.45) is 9.98 Å². The van der Waals surface area contributed by atoms with Crippen LogP contribution in [0.25, 0.3) is 54.2 Å². The Morgan fingerprint density at radius 3 is 1.76 bits per heavy atom. The molecule has 0 amide bonds. The van der Waals surface area contributed by atoms with Gasteiger partial charge in [0.2, 0.25) is 12.4 Å². The maximum absolute atomic E-state index is 13.8. The lowest BCUT2D eigenvalue weighted by atomic mass is 10.0. The van der Waals surface area contributed by atoms with Crippen molar-refractivity contribution in [3.63, 3.8) is 0 Å². The van der Waals surface area contributed by atoms with E-state index >= 15 is 0 Å². The molecule has 0 atom stereocenters. The number of hydrogen-bond acceptors (Lipinski definition) is 4. The lowest BCUT2D eigenvalue weighted by Crippen LogP contribution is -1.99. The second-order valence-electron chi connectivity index (χ2n) is 8.33. The van der Waals surface area contributed by atoms with Crippen molar-refractivity contribution in [3.8, 4) is 23.5 Å². The van der Waals surface area contributed by atoms with Crippen LogP contribution in [0.2, 0.25) is 0 Å². The zero-order chi connectivity index (χ0) is 23.4. The van der Waals surface area contributed by atoms with Crippen LogP contribution in [0.5, 0.6) is 0 Å². The zero-order valence-electron chi connectivity index (χ0n) is 18.1. The van der Waals surface area contributed by atoms with Crippen LogP contribution in [-0.4, -0.2) is 0 Å².